The lowest BCUT2D eigenvalue weighted by Crippen LogP contribution is -2.28. The van der Waals surface area contributed by atoms with Gasteiger partial charge in [-0.05, 0) is 75.0 Å². The third-order valence-corrected chi connectivity index (χ3v) is 7.42. The molecule has 0 spiro atoms. The van der Waals surface area contributed by atoms with Crippen molar-refractivity contribution in [2.45, 2.75) is 142 Å². The highest BCUT2D eigenvalue weighted by atomic mass is 16.5. The van der Waals surface area contributed by atoms with E-state index in [1.54, 1.807) is 0 Å². The highest BCUT2D eigenvalue weighted by Gasteiger charge is 2.24. The Morgan fingerprint density at radius 2 is 1.06 bits per heavy atom. The normalized spacial score (nSPS) is 27.8. The predicted molar refractivity (Wildman–Crippen MR) is 133 cm³/mol. The van der Waals surface area contributed by atoms with Crippen molar-refractivity contribution in [1.82, 2.24) is 0 Å². The first-order valence-corrected chi connectivity index (χ1v) is 13.4. The van der Waals surface area contributed by atoms with Gasteiger partial charge in [0.15, 0.2) is 0 Å². The lowest BCUT2D eigenvalue weighted by atomic mass is 9.87. The van der Waals surface area contributed by atoms with Crippen LogP contribution in [0.4, 0.5) is 0 Å². The van der Waals surface area contributed by atoms with Crippen LogP contribution >= 0.6 is 0 Å². The van der Waals surface area contributed by atoms with Gasteiger partial charge in [-0.15, -0.1) is 0 Å². The van der Waals surface area contributed by atoms with Gasteiger partial charge in [0.25, 0.3) is 0 Å². The molecule has 2 aliphatic rings. The second-order valence-corrected chi connectivity index (χ2v) is 12.0. The van der Waals surface area contributed by atoms with Crippen LogP contribution in [-0.4, -0.2) is 47.8 Å². The number of ether oxygens (including phenoxy) is 2. The molecule has 4 heteroatoms. The molecule has 0 amide bonds. The summed E-state index contributed by atoms with van der Waals surface area (Å²) in [7, 11) is 0. The van der Waals surface area contributed by atoms with E-state index in [0.717, 1.165) is 38.5 Å². The van der Waals surface area contributed by atoms with E-state index < -0.39 is 0 Å². The van der Waals surface area contributed by atoms with Crippen molar-refractivity contribution in [3.63, 3.8) is 0 Å². The minimum Gasteiger partial charge on any atom is -0.396 e. The molecule has 4 unspecified atom stereocenters. The molecular formula is C28H52O4. The van der Waals surface area contributed by atoms with Crippen molar-refractivity contribution in [3.05, 3.63) is 12.2 Å². The summed E-state index contributed by atoms with van der Waals surface area (Å²) < 4.78 is 12.7. The topological polar surface area (TPSA) is 58.9 Å². The van der Waals surface area contributed by atoms with E-state index in [1.165, 1.54) is 51.4 Å². The average Bonchev–Trinajstić information content (AvgIpc) is 2.79. The monoisotopic (exact) mass is 452 g/mol. The van der Waals surface area contributed by atoms with Crippen LogP contribution in [0.15, 0.2) is 12.2 Å². The van der Waals surface area contributed by atoms with Gasteiger partial charge in [-0.3, -0.25) is 0 Å². The Balaban J connectivity index is 1.65. The molecule has 2 saturated heterocycles. The number of aliphatic hydroxyl groups excluding tert-OH is 2. The molecule has 0 saturated carbocycles. The maximum atomic E-state index is 9.40. The lowest BCUT2D eigenvalue weighted by Gasteiger charge is -2.31. The molecule has 2 N–H and O–H groups in total. The van der Waals surface area contributed by atoms with Crippen molar-refractivity contribution in [1.29, 1.82) is 0 Å². The predicted octanol–water partition coefficient (Wildman–Crippen LogP) is 6.58. The minimum atomic E-state index is 0.0482. The molecule has 0 aromatic rings. The van der Waals surface area contributed by atoms with Crippen LogP contribution in [0.2, 0.25) is 0 Å². The van der Waals surface area contributed by atoms with Crippen molar-refractivity contribution < 1.29 is 19.7 Å². The van der Waals surface area contributed by atoms with Crippen molar-refractivity contribution in [2.75, 3.05) is 13.2 Å². The second-order valence-electron chi connectivity index (χ2n) is 12.0. The Morgan fingerprint density at radius 3 is 1.44 bits per heavy atom. The molecule has 0 aromatic heterocycles. The van der Waals surface area contributed by atoms with Crippen LogP contribution in [0, 0.1) is 10.8 Å². The van der Waals surface area contributed by atoms with Crippen LogP contribution in [0.5, 0.6) is 0 Å². The first-order chi connectivity index (χ1) is 15.2. The van der Waals surface area contributed by atoms with Gasteiger partial charge in [-0.1, -0.05) is 65.5 Å². The van der Waals surface area contributed by atoms with E-state index in [9.17, 15) is 10.2 Å². The SMILES string of the molecule is CC(C)(CO)CCCCC1CCCC(C=CC2CCCC(CCCCC(C)(C)CO)O2)O1. The molecule has 0 aliphatic carbocycles. The van der Waals surface area contributed by atoms with Gasteiger partial charge in [0.2, 0.25) is 0 Å². The number of aliphatic hydroxyl groups is 2. The Kier molecular flexibility index (Phi) is 12.2. The smallest absolute Gasteiger partial charge is 0.0760 e. The number of hydrogen-bond acceptors (Lipinski definition) is 4. The van der Waals surface area contributed by atoms with Gasteiger partial charge in [-0.2, -0.15) is 0 Å². The van der Waals surface area contributed by atoms with Crippen LogP contribution < -0.4 is 0 Å². The van der Waals surface area contributed by atoms with Gasteiger partial charge >= 0.3 is 0 Å². The molecule has 2 aliphatic heterocycles. The summed E-state index contributed by atoms with van der Waals surface area (Å²) in [6.07, 6.45) is 22.1. The first-order valence-electron chi connectivity index (χ1n) is 13.4. The van der Waals surface area contributed by atoms with Crippen LogP contribution in [0.1, 0.15) is 118 Å². The molecular weight excluding hydrogens is 400 g/mol. The van der Waals surface area contributed by atoms with Crippen LogP contribution in [-0.2, 0) is 9.47 Å². The third kappa shape index (κ3) is 11.1. The standard InChI is InChI=1S/C28H52O4/c1-27(2,21-29)19-7-5-11-23-13-9-15-25(31-23)17-18-26-16-10-14-24(32-26)12-6-8-20-28(3,4)22-30/h17-18,23-26,29-30H,5-16,19-22H2,1-4H3. The molecule has 0 aromatic carbocycles. The molecule has 188 valence electrons. The molecule has 32 heavy (non-hydrogen) atoms. The van der Waals surface area contributed by atoms with E-state index in [1.807, 2.05) is 0 Å². The van der Waals surface area contributed by atoms with E-state index >= 15 is 0 Å². The summed E-state index contributed by atoms with van der Waals surface area (Å²) in [4.78, 5) is 0. The van der Waals surface area contributed by atoms with Gasteiger partial charge < -0.3 is 19.7 Å². The zero-order valence-electron chi connectivity index (χ0n) is 21.5. The Morgan fingerprint density at radius 1 is 0.656 bits per heavy atom. The van der Waals surface area contributed by atoms with Gasteiger partial charge in [0.1, 0.15) is 0 Å². The fourth-order valence-corrected chi connectivity index (χ4v) is 4.92. The van der Waals surface area contributed by atoms with E-state index in [4.69, 9.17) is 9.47 Å². The minimum absolute atomic E-state index is 0.0482. The summed E-state index contributed by atoms with van der Waals surface area (Å²) in [5, 5.41) is 18.8. The van der Waals surface area contributed by atoms with Gasteiger partial charge in [0.05, 0.1) is 24.4 Å². The molecule has 2 heterocycles. The molecule has 2 rings (SSSR count). The third-order valence-electron chi connectivity index (χ3n) is 7.42. The average molecular weight is 453 g/mol. The highest BCUT2D eigenvalue weighted by Crippen LogP contribution is 2.29. The van der Waals surface area contributed by atoms with Crippen molar-refractivity contribution in [2.24, 2.45) is 10.8 Å². The van der Waals surface area contributed by atoms with E-state index in [2.05, 4.69) is 39.8 Å². The van der Waals surface area contributed by atoms with Crippen LogP contribution in [0.25, 0.3) is 0 Å². The Labute approximate surface area is 198 Å². The Hall–Kier alpha value is -0.420. The summed E-state index contributed by atoms with van der Waals surface area (Å²) in [5.41, 5.74) is 0.0964. The molecule has 2 fully saturated rings. The van der Waals surface area contributed by atoms with E-state index in [0.29, 0.717) is 12.2 Å². The second kappa shape index (κ2) is 14.1. The van der Waals surface area contributed by atoms with Crippen molar-refractivity contribution >= 4 is 0 Å². The molecule has 4 nitrogen and oxygen atoms in total. The Bertz CT molecular complexity index is 482. The fraction of sp³-hybridized carbons (Fsp3) is 0.929. The first kappa shape index (κ1) is 27.8. The molecule has 4 atom stereocenters. The zero-order chi connectivity index (χ0) is 23.5. The largest absolute Gasteiger partial charge is 0.396 e. The summed E-state index contributed by atoms with van der Waals surface area (Å²) in [6, 6.07) is 0. The maximum Gasteiger partial charge on any atom is 0.0760 e. The molecule has 0 radical (unpaired) electrons. The number of hydrogen-bond donors (Lipinski definition) is 2. The quantitative estimate of drug-likeness (QED) is 0.231. The fourth-order valence-electron chi connectivity index (χ4n) is 4.92. The number of rotatable bonds is 14. The summed E-state index contributed by atoms with van der Waals surface area (Å²) in [6.45, 7) is 9.10. The van der Waals surface area contributed by atoms with Crippen molar-refractivity contribution in [3.8, 4) is 0 Å². The summed E-state index contributed by atoms with van der Waals surface area (Å²) >= 11 is 0. The molecule has 0 bridgehead atoms. The van der Waals surface area contributed by atoms with Gasteiger partial charge in [0, 0.05) is 13.2 Å². The van der Waals surface area contributed by atoms with Crippen LogP contribution in [0.3, 0.4) is 0 Å². The lowest BCUT2D eigenvalue weighted by molar-refractivity contribution is -0.0385. The maximum absolute atomic E-state index is 9.40. The number of unbranched alkanes of at least 4 members (excludes halogenated alkanes) is 2. The zero-order valence-corrected chi connectivity index (χ0v) is 21.5. The highest BCUT2D eigenvalue weighted by molar-refractivity contribution is 4.98. The van der Waals surface area contributed by atoms with Gasteiger partial charge in [-0.25, -0.2) is 0 Å². The van der Waals surface area contributed by atoms with E-state index in [-0.39, 0.29) is 36.3 Å². The summed E-state index contributed by atoms with van der Waals surface area (Å²) in [5.74, 6) is 0.